The van der Waals surface area contributed by atoms with Crippen LogP contribution in [0.25, 0.3) is 0 Å². The Hall–Kier alpha value is -1.38. The Morgan fingerprint density at radius 3 is 2.52 bits per heavy atom. The molecule has 1 aromatic carbocycles. The van der Waals surface area contributed by atoms with E-state index in [4.69, 9.17) is 0 Å². The maximum absolute atomic E-state index is 13.2. The van der Waals surface area contributed by atoms with Gasteiger partial charge in [0.15, 0.2) is 0 Å². The number of hydrogen-bond donors (Lipinski definition) is 0. The third kappa shape index (κ3) is 5.63. The van der Waals surface area contributed by atoms with Crippen LogP contribution in [0.5, 0.6) is 0 Å². The molecule has 1 atom stereocenters. The maximum atomic E-state index is 13.2. The average Bonchev–Trinajstić information content (AvgIpc) is 2.51. The van der Waals surface area contributed by atoms with Crippen LogP contribution in [0.2, 0.25) is 0 Å². The smallest absolute Gasteiger partial charge is 0.126 e. The van der Waals surface area contributed by atoms with Crippen LogP contribution in [0.4, 0.5) is 8.78 Å². The van der Waals surface area contributed by atoms with Crippen molar-refractivity contribution in [1.82, 2.24) is 4.98 Å². The molecule has 0 radical (unpaired) electrons. The maximum Gasteiger partial charge on any atom is 0.126 e. The molecule has 0 amide bonds. The first kappa shape index (κ1) is 18.0. The Morgan fingerprint density at radius 1 is 1.17 bits per heavy atom. The Kier molecular flexibility index (Phi) is 6.61. The summed E-state index contributed by atoms with van der Waals surface area (Å²) in [5.74, 6) is 5.06. The first-order valence-electron chi connectivity index (χ1n) is 7.12. The van der Waals surface area contributed by atoms with Crippen LogP contribution in [0.1, 0.15) is 23.9 Å². The van der Waals surface area contributed by atoms with Gasteiger partial charge in [-0.1, -0.05) is 5.92 Å². The number of rotatable bonds is 4. The van der Waals surface area contributed by atoms with Crippen molar-refractivity contribution in [2.24, 2.45) is 0 Å². The van der Waals surface area contributed by atoms with E-state index in [-0.39, 0.29) is 5.25 Å². The van der Waals surface area contributed by atoms with Crippen LogP contribution in [0.3, 0.4) is 0 Å². The lowest BCUT2D eigenvalue weighted by Crippen LogP contribution is -1.99. The van der Waals surface area contributed by atoms with Gasteiger partial charge in [0.05, 0.1) is 10.9 Å². The predicted molar refractivity (Wildman–Crippen MR) is 95.6 cm³/mol. The van der Waals surface area contributed by atoms with Crippen LogP contribution >= 0.6 is 27.7 Å². The summed E-state index contributed by atoms with van der Waals surface area (Å²) in [7, 11) is 0. The fourth-order valence-electron chi connectivity index (χ4n) is 1.98. The van der Waals surface area contributed by atoms with Crippen LogP contribution < -0.4 is 0 Å². The van der Waals surface area contributed by atoms with Gasteiger partial charge in [0.25, 0.3) is 0 Å². The zero-order chi connectivity index (χ0) is 16.8. The van der Waals surface area contributed by atoms with Gasteiger partial charge in [-0.15, -0.1) is 11.8 Å². The molecule has 1 nitrogen and oxygen atoms in total. The van der Waals surface area contributed by atoms with E-state index in [0.29, 0.717) is 24.1 Å². The van der Waals surface area contributed by atoms with Crippen molar-refractivity contribution >= 4 is 27.7 Å². The number of aromatic nitrogens is 1. The Balaban J connectivity index is 2.14. The molecule has 120 valence electrons. The molecule has 0 aliphatic carbocycles. The monoisotopic (exact) mass is 395 g/mol. The van der Waals surface area contributed by atoms with Crippen LogP contribution in [0.15, 0.2) is 34.8 Å². The molecule has 0 fully saturated rings. The van der Waals surface area contributed by atoms with Crippen molar-refractivity contribution in [2.75, 3.05) is 6.26 Å². The summed E-state index contributed by atoms with van der Waals surface area (Å²) in [6.07, 6.45) is 3.10. The SMILES string of the molecule is CSC(C)C#Cc1ccc(Br)c(CCc2cc(F)cc(F)c2)n1. The molecule has 23 heavy (non-hydrogen) atoms. The van der Waals surface area contributed by atoms with E-state index in [2.05, 4.69) is 32.8 Å². The van der Waals surface area contributed by atoms with E-state index in [1.165, 1.54) is 12.1 Å². The Labute approximate surface area is 148 Å². The molecule has 5 heteroatoms. The summed E-state index contributed by atoms with van der Waals surface area (Å²) >= 11 is 5.14. The normalized spacial score (nSPS) is 11.7. The van der Waals surface area contributed by atoms with Gasteiger partial charge in [-0.3, -0.25) is 0 Å². The summed E-state index contributed by atoms with van der Waals surface area (Å²) in [6.45, 7) is 2.04. The lowest BCUT2D eigenvalue weighted by Gasteiger charge is -2.05. The fourth-order valence-corrected chi connectivity index (χ4v) is 2.58. The number of halogens is 3. The summed E-state index contributed by atoms with van der Waals surface area (Å²) in [6, 6.07) is 7.33. The van der Waals surface area contributed by atoms with E-state index in [9.17, 15) is 8.78 Å². The third-order valence-corrected chi connectivity index (χ3v) is 4.80. The molecular weight excluding hydrogens is 380 g/mol. The van der Waals surface area contributed by atoms with Gasteiger partial charge in [0.1, 0.15) is 17.3 Å². The van der Waals surface area contributed by atoms with Crippen molar-refractivity contribution in [2.45, 2.75) is 25.0 Å². The van der Waals surface area contributed by atoms with E-state index < -0.39 is 11.6 Å². The summed E-state index contributed by atoms with van der Waals surface area (Å²) < 4.78 is 27.3. The van der Waals surface area contributed by atoms with Crippen molar-refractivity contribution < 1.29 is 8.78 Å². The molecule has 0 bridgehead atoms. The minimum Gasteiger partial charge on any atom is -0.243 e. The molecule has 0 N–H and O–H groups in total. The van der Waals surface area contributed by atoms with Gasteiger partial charge in [-0.05, 0) is 77.7 Å². The van der Waals surface area contributed by atoms with Crippen LogP contribution in [-0.4, -0.2) is 16.5 Å². The molecule has 2 rings (SSSR count). The number of nitrogens with zero attached hydrogens (tertiary/aromatic N) is 1. The highest BCUT2D eigenvalue weighted by atomic mass is 79.9. The summed E-state index contributed by atoms with van der Waals surface area (Å²) in [4.78, 5) is 4.52. The highest BCUT2D eigenvalue weighted by molar-refractivity contribution is 9.10. The highest BCUT2D eigenvalue weighted by Gasteiger charge is 2.06. The van der Waals surface area contributed by atoms with E-state index >= 15 is 0 Å². The van der Waals surface area contributed by atoms with Gasteiger partial charge < -0.3 is 0 Å². The number of thioether (sulfide) groups is 1. The first-order chi connectivity index (χ1) is 11.0. The molecule has 2 aromatic rings. The summed E-state index contributed by atoms with van der Waals surface area (Å²) in [5.41, 5.74) is 2.15. The third-order valence-electron chi connectivity index (χ3n) is 3.25. The van der Waals surface area contributed by atoms with E-state index in [1.54, 1.807) is 11.8 Å². The Morgan fingerprint density at radius 2 is 1.87 bits per heavy atom. The average molecular weight is 396 g/mol. The van der Waals surface area contributed by atoms with Gasteiger partial charge in [0.2, 0.25) is 0 Å². The van der Waals surface area contributed by atoms with Crippen molar-refractivity contribution in [1.29, 1.82) is 0 Å². The minimum atomic E-state index is -0.558. The lowest BCUT2D eigenvalue weighted by molar-refractivity contribution is 0.579. The Bertz CT molecular complexity index is 732. The largest absolute Gasteiger partial charge is 0.243 e. The number of pyridine rings is 1. The van der Waals surface area contributed by atoms with Crippen molar-refractivity contribution in [3.8, 4) is 11.8 Å². The quantitative estimate of drug-likeness (QED) is 0.674. The number of hydrogen-bond acceptors (Lipinski definition) is 2. The minimum absolute atomic E-state index is 0.249. The van der Waals surface area contributed by atoms with E-state index in [0.717, 1.165) is 16.2 Å². The molecule has 0 spiro atoms. The van der Waals surface area contributed by atoms with Crippen molar-refractivity contribution in [3.05, 3.63) is 63.4 Å². The van der Waals surface area contributed by atoms with Gasteiger partial charge in [-0.25, -0.2) is 13.8 Å². The van der Waals surface area contributed by atoms with Gasteiger partial charge in [-0.2, -0.15) is 0 Å². The van der Waals surface area contributed by atoms with Crippen LogP contribution in [0, 0.1) is 23.5 Å². The zero-order valence-electron chi connectivity index (χ0n) is 12.9. The first-order valence-corrected chi connectivity index (χ1v) is 9.20. The van der Waals surface area contributed by atoms with Crippen molar-refractivity contribution in [3.63, 3.8) is 0 Å². The van der Waals surface area contributed by atoms with Gasteiger partial charge >= 0.3 is 0 Å². The molecular formula is C18H16BrF2NS. The second kappa shape index (κ2) is 8.47. The predicted octanol–water partition coefficient (Wildman–Crippen LogP) is 5.01. The molecule has 0 aliphatic rings. The fraction of sp³-hybridized carbons (Fsp3) is 0.278. The van der Waals surface area contributed by atoms with Gasteiger partial charge in [0, 0.05) is 10.5 Å². The lowest BCUT2D eigenvalue weighted by atomic mass is 10.1. The molecule has 0 saturated carbocycles. The molecule has 1 heterocycles. The molecule has 1 unspecified atom stereocenters. The summed E-state index contributed by atoms with van der Waals surface area (Å²) in [5, 5.41) is 0.249. The topological polar surface area (TPSA) is 12.9 Å². The number of aryl methyl sites for hydroxylation is 2. The zero-order valence-corrected chi connectivity index (χ0v) is 15.3. The second-order valence-corrected chi connectivity index (χ2v) is 7.08. The molecule has 1 aromatic heterocycles. The molecule has 0 aliphatic heterocycles. The molecule has 0 saturated heterocycles. The second-order valence-electron chi connectivity index (χ2n) is 5.05. The highest BCUT2D eigenvalue weighted by Crippen LogP contribution is 2.18. The van der Waals surface area contributed by atoms with E-state index in [1.807, 2.05) is 25.3 Å². The number of benzene rings is 1. The van der Waals surface area contributed by atoms with Crippen LogP contribution in [-0.2, 0) is 12.8 Å². The standard InChI is InChI=1S/C18H16BrF2NS/c1-12(23-2)3-5-16-6-7-17(19)18(22-16)8-4-13-9-14(20)11-15(21)10-13/h6-7,9-12H,4,8H2,1-2H3.